The van der Waals surface area contributed by atoms with Crippen molar-refractivity contribution in [3.63, 3.8) is 0 Å². The predicted octanol–water partition coefficient (Wildman–Crippen LogP) is 4.03. The maximum Gasteiger partial charge on any atom is 0.279 e. The lowest BCUT2D eigenvalue weighted by Gasteiger charge is -2.08. The van der Waals surface area contributed by atoms with E-state index in [9.17, 15) is 17.6 Å². The fourth-order valence-corrected chi connectivity index (χ4v) is 5.36. The summed E-state index contributed by atoms with van der Waals surface area (Å²) in [6, 6.07) is 18.4. The van der Waals surface area contributed by atoms with Gasteiger partial charge in [0.15, 0.2) is 4.80 Å². The number of nitrogens with zero attached hydrogens (tertiary/aromatic N) is 2. The number of rotatable bonds is 7. The molecule has 0 fully saturated rings. The first-order valence-electron chi connectivity index (χ1n) is 9.92. The van der Waals surface area contributed by atoms with Crippen LogP contribution in [0, 0.1) is 5.82 Å². The highest BCUT2D eigenvalue weighted by atomic mass is 32.2. The molecule has 1 N–H and O–H groups in total. The van der Waals surface area contributed by atoms with Crippen molar-refractivity contribution in [3.8, 4) is 0 Å². The number of nitrogens with one attached hydrogen (secondary N) is 1. The SMILES string of the molecule is COCCn1c(=NC(=O)c2cccc(NS(=O)(=O)c3ccccc3)c2)sc2cc(F)ccc21. The molecule has 33 heavy (non-hydrogen) atoms. The summed E-state index contributed by atoms with van der Waals surface area (Å²) in [6.45, 7) is 0.826. The average molecular weight is 486 g/mol. The van der Waals surface area contributed by atoms with Crippen LogP contribution in [0.4, 0.5) is 10.1 Å². The molecule has 0 aliphatic heterocycles. The van der Waals surface area contributed by atoms with E-state index in [1.54, 1.807) is 54.1 Å². The molecule has 0 unspecified atom stereocenters. The van der Waals surface area contributed by atoms with Gasteiger partial charge in [-0.05, 0) is 48.5 Å². The van der Waals surface area contributed by atoms with Crippen LogP contribution in [0.3, 0.4) is 0 Å². The van der Waals surface area contributed by atoms with Crippen LogP contribution < -0.4 is 9.52 Å². The number of carbonyl (C=O) groups is 1. The van der Waals surface area contributed by atoms with Crippen molar-refractivity contribution < 1.29 is 22.3 Å². The van der Waals surface area contributed by atoms with Gasteiger partial charge in [0, 0.05) is 24.9 Å². The molecular weight excluding hydrogens is 465 g/mol. The number of methoxy groups -OCH3 is 1. The zero-order chi connectivity index (χ0) is 23.4. The van der Waals surface area contributed by atoms with Gasteiger partial charge in [-0.1, -0.05) is 35.6 Å². The fraction of sp³-hybridized carbons (Fsp3) is 0.130. The molecule has 0 atom stereocenters. The molecule has 0 spiro atoms. The van der Waals surface area contributed by atoms with E-state index in [1.165, 1.54) is 41.7 Å². The van der Waals surface area contributed by atoms with Crippen molar-refractivity contribution in [2.45, 2.75) is 11.4 Å². The summed E-state index contributed by atoms with van der Waals surface area (Å²) < 4.78 is 48.9. The molecule has 0 radical (unpaired) electrons. The molecule has 1 heterocycles. The molecule has 0 saturated heterocycles. The smallest absolute Gasteiger partial charge is 0.279 e. The number of benzene rings is 3. The Balaban J connectivity index is 1.67. The van der Waals surface area contributed by atoms with E-state index in [-0.39, 0.29) is 22.0 Å². The quantitative estimate of drug-likeness (QED) is 0.428. The Morgan fingerprint density at radius 2 is 1.88 bits per heavy atom. The number of anilines is 1. The van der Waals surface area contributed by atoms with Crippen LogP contribution in [-0.2, 0) is 21.3 Å². The molecule has 4 rings (SSSR count). The molecule has 10 heteroatoms. The molecule has 0 aliphatic rings. The van der Waals surface area contributed by atoms with Gasteiger partial charge in [0.25, 0.3) is 15.9 Å². The van der Waals surface area contributed by atoms with Crippen LogP contribution in [0.2, 0.25) is 0 Å². The van der Waals surface area contributed by atoms with Crippen LogP contribution in [0.25, 0.3) is 10.2 Å². The molecule has 1 aromatic heterocycles. The number of thiazole rings is 1. The number of sulfonamides is 1. The Bertz CT molecular complexity index is 1480. The molecule has 0 saturated carbocycles. The Morgan fingerprint density at radius 1 is 1.09 bits per heavy atom. The van der Waals surface area contributed by atoms with Gasteiger partial charge in [-0.3, -0.25) is 9.52 Å². The first-order chi connectivity index (χ1) is 15.9. The number of hydrogen-bond acceptors (Lipinski definition) is 5. The highest BCUT2D eigenvalue weighted by Gasteiger charge is 2.15. The van der Waals surface area contributed by atoms with Crippen LogP contribution in [-0.4, -0.2) is 32.6 Å². The van der Waals surface area contributed by atoms with Crippen molar-refractivity contribution in [2.75, 3.05) is 18.4 Å². The van der Waals surface area contributed by atoms with E-state index >= 15 is 0 Å². The van der Waals surface area contributed by atoms with Gasteiger partial charge in [0.1, 0.15) is 5.82 Å². The van der Waals surface area contributed by atoms with E-state index in [2.05, 4.69) is 9.71 Å². The first-order valence-corrected chi connectivity index (χ1v) is 12.2. The maximum absolute atomic E-state index is 13.7. The van der Waals surface area contributed by atoms with Gasteiger partial charge in [-0.25, -0.2) is 12.8 Å². The predicted molar refractivity (Wildman–Crippen MR) is 125 cm³/mol. The fourth-order valence-electron chi connectivity index (χ4n) is 3.21. The van der Waals surface area contributed by atoms with Gasteiger partial charge in [-0.15, -0.1) is 0 Å². The van der Waals surface area contributed by atoms with E-state index in [1.807, 2.05) is 0 Å². The lowest BCUT2D eigenvalue weighted by atomic mass is 10.2. The van der Waals surface area contributed by atoms with Crippen LogP contribution in [0.5, 0.6) is 0 Å². The summed E-state index contributed by atoms with van der Waals surface area (Å²) in [5.74, 6) is -0.923. The summed E-state index contributed by atoms with van der Waals surface area (Å²) in [6.07, 6.45) is 0. The minimum atomic E-state index is -3.80. The third kappa shape index (κ3) is 5.19. The van der Waals surface area contributed by atoms with E-state index < -0.39 is 15.9 Å². The molecular formula is C23H20FN3O4S2. The zero-order valence-electron chi connectivity index (χ0n) is 17.6. The molecule has 3 aromatic carbocycles. The summed E-state index contributed by atoms with van der Waals surface area (Å²) >= 11 is 1.19. The molecule has 7 nitrogen and oxygen atoms in total. The number of ether oxygens (including phenoxy) is 1. The Labute approximate surface area is 193 Å². The van der Waals surface area contributed by atoms with Crippen LogP contribution >= 0.6 is 11.3 Å². The third-order valence-electron chi connectivity index (χ3n) is 4.78. The standard InChI is InChI=1S/C23H20FN3O4S2/c1-31-13-12-27-20-11-10-17(24)15-21(20)32-23(27)25-22(28)16-6-5-7-18(14-16)26-33(29,30)19-8-3-2-4-9-19/h2-11,14-15,26H,12-13H2,1H3. The molecule has 0 aliphatic carbocycles. The highest BCUT2D eigenvalue weighted by Crippen LogP contribution is 2.20. The minimum absolute atomic E-state index is 0.114. The molecule has 0 bridgehead atoms. The van der Waals surface area contributed by atoms with Crippen LogP contribution in [0.15, 0.2) is 82.7 Å². The molecule has 4 aromatic rings. The van der Waals surface area contributed by atoms with Gasteiger partial charge in [-0.2, -0.15) is 4.99 Å². The van der Waals surface area contributed by atoms with E-state index in [4.69, 9.17) is 4.74 Å². The van der Waals surface area contributed by atoms with Gasteiger partial charge < -0.3 is 9.30 Å². The van der Waals surface area contributed by atoms with Gasteiger partial charge >= 0.3 is 0 Å². The molecule has 170 valence electrons. The van der Waals surface area contributed by atoms with Crippen molar-refractivity contribution in [1.82, 2.24) is 4.57 Å². The topological polar surface area (TPSA) is 89.8 Å². The monoisotopic (exact) mass is 485 g/mol. The van der Waals surface area contributed by atoms with Crippen molar-refractivity contribution >= 4 is 43.2 Å². The van der Waals surface area contributed by atoms with Gasteiger partial charge in [0.2, 0.25) is 0 Å². The Hall–Kier alpha value is -3.34. The largest absolute Gasteiger partial charge is 0.383 e. The first kappa shape index (κ1) is 22.8. The Morgan fingerprint density at radius 3 is 2.64 bits per heavy atom. The lowest BCUT2D eigenvalue weighted by Crippen LogP contribution is -2.19. The minimum Gasteiger partial charge on any atom is -0.383 e. The summed E-state index contributed by atoms with van der Waals surface area (Å²) in [4.78, 5) is 17.7. The van der Waals surface area contributed by atoms with E-state index in [0.29, 0.717) is 22.7 Å². The second-order valence-corrected chi connectivity index (χ2v) is 9.75. The second-order valence-electron chi connectivity index (χ2n) is 7.06. The van der Waals surface area contributed by atoms with Crippen LogP contribution in [0.1, 0.15) is 10.4 Å². The number of hydrogen-bond donors (Lipinski definition) is 1. The maximum atomic E-state index is 13.7. The number of carbonyl (C=O) groups excluding carboxylic acids is 1. The summed E-state index contributed by atoms with van der Waals surface area (Å²) in [5, 5.41) is 0. The van der Waals surface area contributed by atoms with Gasteiger partial charge in [0.05, 0.1) is 21.7 Å². The number of fused-ring (bicyclic) bond motifs is 1. The number of amides is 1. The van der Waals surface area contributed by atoms with Crippen molar-refractivity contribution in [2.24, 2.45) is 4.99 Å². The molecule has 1 amide bonds. The number of halogens is 1. The summed E-state index contributed by atoms with van der Waals surface area (Å²) in [5.41, 5.74) is 1.20. The summed E-state index contributed by atoms with van der Waals surface area (Å²) in [7, 11) is -2.23. The van der Waals surface area contributed by atoms with Crippen molar-refractivity contribution in [3.05, 3.63) is 89.0 Å². The normalized spacial score (nSPS) is 12.2. The lowest BCUT2D eigenvalue weighted by molar-refractivity contribution is 0.0997. The average Bonchev–Trinajstić information content (AvgIpc) is 3.13. The second kappa shape index (κ2) is 9.65. The van der Waals surface area contributed by atoms with E-state index in [0.717, 1.165) is 5.52 Å². The Kier molecular flexibility index (Phi) is 6.68. The highest BCUT2D eigenvalue weighted by molar-refractivity contribution is 7.92. The third-order valence-corrected chi connectivity index (χ3v) is 7.21. The zero-order valence-corrected chi connectivity index (χ0v) is 19.2. The number of aromatic nitrogens is 1. The van der Waals surface area contributed by atoms with Crippen molar-refractivity contribution in [1.29, 1.82) is 0 Å².